The molecule has 0 saturated heterocycles. The molecule has 3 heterocycles. The number of aromatic nitrogens is 4. The molecule has 1 aliphatic heterocycles. The molecule has 6 nitrogen and oxygen atoms in total. The van der Waals surface area contributed by atoms with Gasteiger partial charge in [-0.3, -0.25) is 9.48 Å². The SMILES string of the molecule is CCn1nc(C(C)C)cc1C(=O)N1CCc2nc(-c3ccccc3)[nH]c2C1. The normalized spacial score (nSPS) is 13.9. The molecule has 0 spiro atoms. The average molecular weight is 363 g/mol. The summed E-state index contributed by atoms with van der Waals surface area (Å²) in [6, 6.07) is 12.0. The Balaban J connectivity index is 1.58. The molecule has 140 valence electrons. The molecule has 0 unspecified atom stereocenters. The first-order chi connectivity index (χ1) is 13.1. The molecule has 3 aromatic rings. The van der Waals surface area contributed by atoms with Gasteiger partial charge in [-0.1, -0.05) is 44.2 Å². The molecule has 1 N–H and O–H groups in total. The van der Waals surface area contributed by atoms with Crippen molar-refractivity contribution in [2.45, 2.75) is 46.2 Å². The van der Waals surface area contributed by atoms with Crippen LogP contribution in [0, 0.1) is 0 Å². The Kier molecular flexibility index (Phi) is 4.56. The van der Waals surface area contributed by atoms with Crippen molar-refractivity contribution in [2.75, 3.05) is 6.54 Å². The van der Waals surface area contributed by atoms with Crippen LogP contribution < -0.4 is 0 Å². The van der Waals surface area contributed by atoms with E-state index in [-0.39, 0.29) is 5.91 Å². The van der Waals surface area contributed by atoms with Crippen LogP contribution >= 0.6 is 0 Å². The van der Waals surface area contributed by atoms with Gasteiger partial charge in [0.25, 0.3) is 5.91 Å². The summed E-state index contributed by atoms with van der Waals surface area (Å²) >= 11 is 0. The number of carbonyl (C=O) groups is 1. The lowest BCUT2D eigenvalue weighted by molar-refractivity contribution is 0.0719. The summed E-state index contributed by atoms with van der Waals surface area (Å²) in [5, 5.41) is 4.58. The highest BCUT2D eigenvalue weighted by Gasteiger charge is 2.27. The number of nitrogens with zero attached hydrogens (tertiary/aromatic N) is 4. The van der Waals surface area contributed by atoms with Gasteiger partial charge >= 0.3 is 0 Å². The van der Waals surface area contributed by atoms with E-state index in [1.165, 1.54) is 0 Å². The topological polar surface area (TPSA) is 66.8 Å². The van der Waals surface area contributed by atoms with Crippen molar-refractivity contribution in [3.8, 4) is 11.4 Å². The lowest BCUT2D eigenvalue weighted by Crippen LogP contribution is -2.37. The number of nitrogens with one attached hydrogen (secondary N) is 1. The van der Waals surface area contributed by atoms with Crippen molar-refractivity contribution < 1.29 is 4.79 Å². The number of aromatic amines is 1. The van der Waals surface area contributed by atoms with Crippen LogP contribution in [0.15, 0.2) is 36.4 Å². The summed E-state index contributed by atoms with van der Waals surface area (Å²) in [4.78, 5) is 23.2. The van der Waals surface area contributed by atoms with Crippen LogP contribution in [0.25, 0.3) is 11.4 Å². The summed E-state index contributed by atoms with van der Waals surface area (Å²) in [5.41, 5.74) is 4.79. The fraction of sp³-hybridized carbons (Fsp3) is 0.381. The molecule has 6 heteroatoms. The second kappa shape index (κ2) is 7.02. The number of benzene rings is 1. The summed E-state index contributed by atoms with van der Waals surface area (Å²) in [5.74, 6) is 1.21. The molecule has 0 radical (unpaired) electrons. The monoisotopic (exact) mass is 363 g/mol. The van der Waals surface area contributed by atoms with Crippen LogP contribution in [0.4, 0.5) is 0 Å². The largest absolute Gasteiger partial charge is 0.340 e. The Bertz CT molecular complexity index is 954. The molecule has 0 fully saturated rings. The lowest BCUT2D eigenvalue weighted by Gasteiger charge is -2.26. The second-order valence-electron chi connectivity index (χ2n) is 7.28. The number of hydrogen-bond acceptors (Lipinski definition) is 3. The van der Waals surface area contributed by atoms with Crippen molar-refractivity contribution >= 4 is 5.91 Å². The van der Waals surface area contributed by atoms with Gasteiger partial charge in [-0.25, -0.2) is 4.98 Å². The first-order valence-corrected chi connectivity index (χ1v) is 9.57. The van der Waals surface area contributed by atoms with Crippen LogP contribution in [0.3, 0.4) is 0 Å². The predicted octanol–water partition coefficient (Wildman–Crippen LogP) is 3.62. The van der Waals surface area contributed by atoms with Crippen LogP contribution in [-0.2, 0) is 19.5 Å². The summed E-state index contributed by atoms with van der Waals surface area (Å²) in [6.45, 7) is 8.13. The fourth-order valence-corrected chi connectivity index (χ4v) is 3.49. The number of H-pyrrole nitrogens is 1. The summed E-state index contributed by atoms with van der Waals surface area (Å²) in [6.07, 6.45) is 0.766. The smallest absolute Gasteiger partial charge is 0.272 e. The van der Waals surface area contributed by atoms with Crippen molar-refractivity contribution in [1.82, 2.24) is 24.6 Å². The highest BCUT2D eigenvalue weighted by molar-refractivity contribution is 5.93. The van der Waals surface area contributed by atoms with Gasteiger partial charge in [-0.2, -0.15) is 5.10 Å². The first-order valence-electron chi connectivity index (χ1n) is 9.57. The third-order valence-corrected chi connectivity index (χ3v) is 5.08. The number of aryl methyl sites for hydroxylation is 1. The van der Waals surface area contributed by atoms with E-state index in [2.05, 4.69) is 23.9 Å². The van der Waals surface area contributed by atoms with E-state index < -0.39 is 0 Å². The highest BCUT2D eigenvalue weighted by Crippen LogP contribution is 2.24. The third kappa shape index (κ3) is 3.27. The average Bonchev–Trinajstić information content (AvgIpc) is 3.31. The minimum atomic E-state index is 0.0396. The van der Waals surface area contributed by atoms with Crippen LogP contribution in [0.1, 0.15) is 54.3 Å². The highest BCUT2D eigenvalue weighted by atomic mass is 16.2. The third-order valence-electron chi connectivity index (χ3n) is 5.08. The zero-order chi connectivity index (χ0) is 19.0. The molecule has 1 amide bonds. The van der Waals surface area contributed by atoms with E-state index in [9.17, 15) is 4.79 Å². The number of imidazole rings is 1. The minimum Gasteiger partial charge on any atom is -0.340 e. The van der Waals surface area contributed by atoms with E-state index in [0.717, 1.165) is 34.9 Å². The molecule has 0 aliphatic carbocycles. The molecule has 2 aromatic heterocycles. The first kappa shape index (κ1) is 17.5. The zero-order valence-corrected chi connectivity index (χ0v) is 16.1. The second-order valence-corrected chi connectivity index (χ2v) is 7.28. The Morgan fingerprint density at radius 2 is 2.04 bits per heavy atom. The quantitative estimate of drug-likeness (QED) is 0.770. The zero-order valence-electron chi connectivity index (χ0n) is 16.1. The maximum absolute atomic E-state index is 13.1. The molecular formula is C21H25N5O. The Morgan fingerprint density at radius 3 is 2.74 bits per heavy atom. The van der Waals surface area contributed by atoms with Crippen molar-refractivity contribution in [3.63, 3.8) is 0 Å². The van der Waals surface area contributed by atoms with Gasteiger partial charge < -0.3 is 9.88 Å². The summed E-state index contributed by atoms with van der Waals surface area (Å²) < 4.78 is 1.82. The summed E-state index contributed by atoms with van der Waals surface area (Å²) in [7, 11) is 0. The van der Waals surface area contributed by atoms with Gasteiger partial charge in [0.15, 0.2) is 0 Å². The van der Waals surface area contributed by atoms with Gasteiger partial charge in [0.05, 0.1) is 23.6 Å². The lowest BCUT2D eigenvalue weighted by atomic mass is 10.1. The van der Waals surface area contributed by atoms with E-state index in [0.29, 0.717) is 31.2 Å². The predicted molar refractivity (Wildman–Crippen MR) is 104 cm³/mol. The van der Waals surface area contributed by atoms with Gasteiger partial charge in [-0.15, -0.1) is 0 Å². The van der Waals surface area contributed by atoms with Gasteiger partial charge in [-0.05, 0) is 18.9 Å². The van der Waals surface area contributed by atoms with E-state index in [4.69, 9.17) is 4.98 Å². The Hall–Kier alpha value is -2.89. The molecular weight excluding hydrogens is 338 g/mol. The molecule has 0 atom stereocenters. The molecule has 1 aromatic carbocycles. The van der Waals surface area contributed by atoms with Gasteiger partial charge in [0, 0.05) is 25.1 Å². The maximum atomic E-state index is 13.1. The van der Waals surface area contributed by atoms with Crippen LogP contribution in [0.5, 0.6) is 0 Å². The Labute approximate surface area is 159 Å². The number of rotatable bonds is 4. The van der Waals surface area contributed by atoms with Crippen LogP contribution in [0.2, 0.25) is 0 Å². The van der Waals surface area contributed by atoms with E-state index >= 15 is 0 Å². The van der Waals surface area contributed by atoms with Crippen molar-refractivity contribution in [2.24, 2.45) is 0 Å². The molecule has 4 rings (SSSR count). The molecule has 27 heavy (non-hydrogen) atoms. The molecule has 0 saturated carbocycles. The van der Waals surface area contributed by atoms with Gasteiger partial charge in [0.1, 0.15) is 11.5 Å². The fourth-order valence-electron chi connectivity index (χ4n) is 3.49. The van der Waals surface area contributed by atoms with Gasteiger partial charge in [0.2, 0.25) is 0 Å². The van der Waals surface area contributed by atoms with Crippen molar-refractivity contribution in [1.29, 1.82) is 0 Å². The standard InChI is InChI=1S/C21H25N5O/c1-4-26-19(12-17(24-26)14(2)3)21(27)25-11-10-16-18(13-25)23-20(22-16)15-8-6-5-7-9-15/h5-9,12,14H,4,10-11,13H2,1-3H3,(H,22,23). The number of carbonyl (C=O) groups excluding carboxylic acids is 1. The number of amides is 1. The number of fused-ring (bicyclic) bond motifs is 1. The van der Waals surface area contributed by atoms with E-state index in [1.54, 1.807) is 0 Å². The van der Waals surface area contributed by atoms with E-state index in [1.807, 2.05) is 52.9 Å². The number of hydrogen-bond donors (Lipinski definition) is 1. The minimum absolute atomic E-state index is 0.0396. The molecule has 1 aliphatic rings. The maximum Gasteiger partial charge on any atom is 0.272 e. The molecule has 0 bridgehead atoms. The van der Waals surface area contributed by atoms with Crippen LogP contribution in [-0.4, -0.2) is 37.1 Å². The van der Waals surface area contributed by atoms with Crippen molar-refractivity contribution in [3.05, 3.63) is 59.2 Å². The Morgan fingerprint density at radius 1 is 1.26 bits per heavy atom.